The molecule has 0 saturated carbocycles. The zero-order valence-corrected chi connectivity index (χ0v) is 15.4. The van der Waals surface area contributed by atoms with Gasteiger partial charge >= 0.3 is 12.2 Å². The van der Waals surface area contributed by atoms with Gasteiger partial charge in [0.2, 0.25) is 0 Å². The van der Waals surface area contributed by atoms with Crippen molar-refractivity contribution in [2.75, 3.05) is 37.0 Å². The predicted octanol–water partition coefficient (Wildman–Crippen LogP) is 3.48. The van der Waals surface area contributed by atoms with Crippen LogP contribution in [0.1, 0.15) is 20.3 Å². The van der Waals surface area contributed by atoms with Crippen LogP contribution >= 0.6 is 0 Å². The Morgan fingerprint density at radius 2 is 2.04 bits per heavy atom. The molecular weight excluding hydrogens is 363 g/mol. The Balaban J connectivity index is 1.71. The van der Waals surface area contributed by atoms with E-state index in [1.54, 1.807) is 25.2 Å². The number of likely N-dealkylation sites (N-methyl/N-ethyl adjacent to an activating group) is 1. The molecule has 0 aromatic heterocycles. The number of rotatable bonds is 1. The number of carbonyl (C=O) groups excluding carboxylic acids is 2. The molecule has 1 unspecified atom stereocenters. The van der Waals surface area contributed by atoms with E-state index in [-0.39, 0.29) is 32.0 Å². The first kappa shape index (κ1) is 19.3. The first-order chi connectivity index (χ1) is 12.5. The van der Waals surface area contributed by atoms with Crippen LogP contribution in [-0.4, -0.2) is 49.8 Å². The fraction of sp³-hybridized carbons (Fsp3) is 0.556. The highest BCUT2D eigenvalue weighted by molar-refractivity contribution is 5.99. The number of urea groups is 1. The number of piperidine rings is 1. The molecule has 0 spiro atoms. The molecule has 0 radical (unpaired) electrons. The predicted molar refractivity (Wildman–Crippen MR) is 93.9 cm³/mol. The Hall–Kier alpha value is -2.45. The lowest BCUT2D eigenvalue weighted by Crippen LogP contribution is -2.53. The van der Waals surface area contributed by atoms with Gasteiger partial charge < -0.3 is 19.9 Å². The number of benzene rings is 1. The molecule has 1 aromatic rings. The molecule has 0 aliphatic carbocycles. The molecule has 1 aromatic carbocycles. The topological polar surface area (TPSA) is 61.9 Å². The molecule has 1 atom stereocenters. The molecule has 148 valence electrons. The Kier molecular flexibility index (Phi) is 4.73. The van der Waals surface area contributed by atoms with E-state index in [2.05, 4.69) is 5.32 Å². The molecule has 0 bridgehead atoms. The number of hydrogen-bond acceptors (Lipinski definition) is 3. The third-order valence-corrected chi connectivity index (χ3v) is 5.21. The Labute approximate surface area is 155 Å². The molecule has 3 amide bonds. The van der Waals surface area contributed by atoms with Crippen LogP contribution in [0.4, 0.5) is 29.3 Å². The third-order valence-electron chi connectivity index (χ3n) is 5.21. The van der Waals surface area contributed by atoms with E-state index in [1.165, 1.54) is 23.6 Å². The van der Waals surface area contributed by atoms with Crippen LogP contribution in [0.3, 0.4) is 0 Å². The second-order valence-electron chi connectivity index (χ2n) is 7.65. The Morgan fingerprint density at radius 1 is 1.33 bits per heavy atom. The highest BCUT2D eigenvalue weighted by Crippen LogP contribution is 2.45. The molecule has 27 heavy (non-hydrogen) atoms. The Bertz CT molecular complexity index is 764. The Morgan fingerprint density at radius 3 is 2.67 bits per heavy atom. The van der Waals surface area contributed by atoms with Crippen LogP contribution in [-0.2, 0) is 4.79 Å². The van der Waals surface area contributed by atoms with E-state index in [1.807, 2.05) is 0 Å². The average molecular weight is 385 g/mol. The van der Waals surface area contributed by atoms with Gasteiger partial charge in [-0.1, -0.05) is 13.8 Å². The molecule has 1 fully saturated rings. The molecule has 2 heterocycles. The molecule has 6 nitrogen and oxygen atoms in total. The highest BCUT2D eigenvalue weighted by atomic mass is 19.4. The van der Waals surface area contributed by atoms with Gasteiger partial charge in [0.1, 0.15) is 5.75 Å². The summed E-state index contributed by atoms with van der Waals surface area (Å²) < 4.78 is 44.9. The minimum absolute atomic E-state index is 0.00938. The lowest BCUT2D eigenvalue weighted by Gasteiger charge is -2.44. The third kappa shape index (κ3) is 3.81. The van der Waals surface area contributed by atoms with Gasteiger partial charge in [-0.25, -0.2) is 4.79 Å². The second-order valence-corrected chi connectivity index (χ2v) is 7.65. The summed E-state index contributed by atoms with van der Waals surface area (Å²) in [5, 5.41) is 2.70. The van der Waals surface area contributed by atoms with Crippen LogP contribution < -0.4 is 15.0 Å². The maximum Gasteiger partial charge on any atom is 0.392 e. The number of alkyl halides is 3. The van der Waals surface area contributed by atoms with Crippen LogP contribution in [0, 0.1) is 11.3 Å². The van der Waals surface area contributed by atoms with Crippen molar-refractivity contribution in [3.8, 4) is 5.75 Å². The summed E-state index contributed by atoms with van der Waals surface area (Å²) >= 11 is 0. The number of hydrogen-bond donors (Lipinski definition) is 1. The summed E-state index contributed by atoms with van der Waals surface area (Å²) in [6, 6.07) is 4.42. The SMILES string of the molecule is CN1C(=O)COc2ccc(NC(=O)N3CCC(C(F)(F)F)C(C)(C)C3)cc21. The van der Waals surface area contributed by atoms with Gasteiger partial charge in [0.05, 0.1) is 11.6 Å². The van der Waals surface area contributed by atoms with Gasteiger partial charge in [0, 0.05) is 25.8 Å². The molecule has 2 aliphatic heterocycles. The largest absolute Gasteiger partial charge is 0.482 e. The highest BCUT2D eigenvalue weighted by Gasteiger charge is 2.51. The summed E-state index contributed by atoms with van der Waals surface area (Å²) in [7, 11) is 1.61. The van der Waals surface area contributed by atoms with Gasteiger partial charge in [-0.3, -0.25) is 4.79 Å². The number of ether oxygens (including phenoxy) is 1. The van der Waals surface area contributed by atoms with E-state index < -0.39 is 23.5 Å². The van der Waals surface area contributed by atoms with Crippen molar-refractivity contribution in [2.24, 2.45) is 11.3 Å². The molecule has 2 aliphatic rings. The molecule has 3 rings (SSSR count). The van der Waals surface area contributed by atoms with Gasteiger partial charge in [-0.2, -0.15) is 13.2 Å². The number of likely N-dealkylation sites (tertiary alicyclic amines) is 1. The smallest absolute Gasteiger partial charge is 0.392 e. The number of carbonyl (C=O) groups is 2. The van der Waals surface area contributed by atoms with Crippen molar-refractivity contribution in [2.45, 2.75) is 26.4 Å². The van der Waals surface area contributed by atoms with Crippen LogP contribution in [0.5, 0.6) is 5.75 Å². The number of fused-ring (bicyclic) bond motifs is 1. The standard InChI is InChI=1S/C18H22F3N3O3/c1-17(2)10-24(7-6-14(17)18(19,20)21)16(26)22-11-4-5-13-12(8-11)23(3)15(25)9-27-13/h4-5,8,14H,6-7,9-10H2,1-3H3,(H,22,26). The summed E-state index contributed by atoms with van der Waals surface area (Å²) in [5.41, 5.74) is -0.0933. The van der Waals surface area contributed by atoms with Crippen molar-refractivity contribution in [3.05, 3.63) is 18.2 Å². The van der Waals surface area contributed by atoms with Gasteiger partial charge in [0.25, 0.3) is 5.91 Å². The van der Waals surface area contributed by atoms with E-state index in [0.717, 1.165) is 0 Å². The van der Waals surface area contributed by atoms with E-state index >= 15 is 0 Å². The molecule has 9 heteroatoms. The minimum atomic E-state index is -4.28. The fourth-order valence-corrected chi connectivity index (χ4v) is 3.69. The van der Waals surface area contributed by atoms with Crippen molar-refractivity contribution in [1.29, 1.82) is 0 Å². The lowest BCUT2D eigenvalue weighted by atomic mass is 9.73. The monoisotopic (exact) mass is 385 g/mol. The summed E-state index contributed by atoms with van der Waals surface area (Å²) in [4.78, 5) is 27.1. The van der Waals surface area contributed by atoms with E-state index in [9.17, 15) is 22.8 Å². The normalized spacial score (nSPS) is 22.1. The second kappa shape index (κ2) is 6.61. The maximum atomic E-state index is 13.2. The summed E-state index contributed by atoms with van der Waals surface area (Å²) in [6.45, 7) is 3.06. The number of nitrogens with one attached hydrogen (secondary N) is 1. The maximum absolute atomic E-state index is 13.2. The van der Waals surface area contributed by atoms with Gasteiger partial charge in [-0.15, -0.1) is 0 Å². The van der Waals surface area contributed by atoms with Gasteiger partial charge in [-0.05, 0) is 30.0 Å². The van der Waals surface area contributed by atoms with Crippen LogP contribution in [0.2, 0.25) is 0 Å². The van der Waals surface area contributed by atoms with Crippen molar-refractivity contribution >= 4 is 23.3 Å². The van der Waals surface area contributed by atoms with Crippen molar-refractivity contribution in [3.63, 3.8) is 0 Å². The van der Waals surface area contributed by atoms with Crippen molar-refractivity contribution in [1.82, 2.24) is 4.90 Å². The number of anilines is 2. The fourth-order valence-electron chi connectivity index (χ4n) is 3.69. The average Bonchev–Trinajstić information content (AvgIpc) is 2.56. The first-order valence-corrected chi connectivity index (χ1v) is 8.65. The lowest BCUT2D eigenvalue weighted by molar-refractivity contribution is -0.214. The quantitative estimate of drug-likeness (QED) is 0.805. The van der Waals surface area contributed by atoms with Crippen LogP contribution in [0.25, 0.3) is 0 Å². The molecule has 1 N–H and O–H groups in total. The molecular formula is C18H22F3N3O3. The zero-order valence-electron chi connectivity index (χ0n) is 15.4. The summed E-state index contributed by atoms with van der Waals surface area (Å²) in [6.07, 6.45) is -4.40. The first-order valence-electron chi connectivity index (χ1n) is 8.65. The number of halogens is 3. The summed E-state index contributed by atoms with van der Waals surface area (Å²) in [5.74, 6) is -1.11. The van der Waals surface area contributed by atoms with E-state index in [0.29, 0.717) is 17.1 Å². The van der Waals surface area contributed by atoms with Crippen LogP contribution in [0.15, 0.2) is 18.2 Å². The number of amides is 3. The van der Waals surface area contributed by atoms with E-state index in [4.69, 9.17) is 4.74 Å². The van der Waals surface area contributed by atoms with Gasteiger partial charge in [0.15, 0.2) is 6.61 Å². The number of nitrogens with zero attached hydrogens (tertiary/aromatic N) is 2. The minimum Gasteiger partial charge on any atom is -0.482 e. The van der Waals surface area contributed by atoms with Crippen molar-refractivity contribution < 1.29 is 27.5 Å². The molecule has 1 saturated heterocycles. The zero-order chi connectivity index (χ0) is 20.0.